The SMILES string of the molecule is O=C1N/C(=C/c2cn(Cc3ccccc3Cl)c3ccccc23)C(=O)N1c1cccc(Cl)c1. The van der Waals surface area contributed by atoms with E-state index in [4.69, 9.17) is 23.2 Å². The van der Waals surface area contributed by atoms with Crippen molar-refractivity contribution in [3.8, 4) is 0 Å². The van der Waals surface area contributed by atoms with E-state index in [1.54, 1.807) is 30.3 Å². The van der Waals surface area contributed by atoms with Gasteiger partial charge in [0.1, 0.15) is 5.70 Å². The summed E-state index contributed by atoms with van der Waals surface area (Å²) in [7, 11) is 0. The number of rotatable bonds is 4. The maximum absolute atomic E-state index is 13.0. The van der Waals surface area contributed by atoms with E-state index in [0.717, 1.165) is 26.9 Å². The molecule has 0 unspecified atom stereocenters. The molecule has 1 saturated heterocycles. The van der Waals surface area contributed by atoms with Crippen molar-refractivity contribution >= 4 is 57.8 Å². The van der Waals surface area contributed by atoms with Crippen LogP contribution in [-0.2, 0) is 11.3 Å². The number of nitrogens with zero attached hydrogens (tertiary/aromatic N) is 2. The van der Waals surface area contributed by atoms with Gasteiger partial charge in [0.05, 0.1) is 5.69 Å². The quantitative estimate of drug-likeness (QED) is 0.295. The Balaban J connectivity index is 1.53. The molecule has 1 aliphatic heterocycles. The van der Waals surface area contributed by atoms with E-state index in [-0.39, 0.29) is 5.70 Å². The monoisotopic (exact) mass is 461 g/mol. The summed E-state index contributed by atoms with van der Waals surface area (Å²) in [6.45, 7) is 0.582. The lowest BCUT2D eigenvalue weighted by atomic mass is 10.1. The van der Waals surface area contributed by atoms with E-state index in [9.17, 15) is 9.59 Å². The van der Waals surface area contributed by atoms with Crippen LogP contribution < -0.4 is 10.2 Å². The third kappa shape index (κ3) is 3.66. The summed E-state index contributed by atoms with van der Waals surface area (Å²) in [5, 5.41) is 4.79. The van der Waals surface area contributed by atoms with Crippen LogP contribution >= 0.6 is 23.2 Å². The molecule has 0 radical (unpaired) electrons. The van der Waals surface area contributed by atoms with Crippen molar-refractivity contribution in [2.45, 2.75) is 6.54 Å². The van der Waals surface area contributed by atoms with Crippen LogP contribution in [0.5, 0.6) is 0 Å². The van der Waals surface area contributed by atoms with Gasteiger partial charge in [-0.3, -0.25) is 4.79 Å². The van der Waals surface area contributed by atoms with E-state index < -0.39 is 11.9 Å². The third-order valence-electron chi connectivity index (χ3n) is 5.36. The third-order valence-corrected chi connectivity index (χ3v) is 5.97. The van der Waals surface area contributed by atoms with Crippen LogP contribution in [0.2, 0.25) is 10.0 Å². The summed E-state index contributed by atoms with van der Waals surface area (Å²) in [4.78, 5) is 26.6. The number of imide groups is 1. The standard InChI is InChI=1S/C25H17Cl2N3O2/c26-18-7-5-8-19(13-18)30-24(31)22(28-25(30)32)12-17-15-29(23-11-4-2-9-20(17)23)14-16-6-1-3-10-21(16)27/h1-13,15H,14H2,(H,28,32)/b22-12+. The Labute approximate surface area is 194 Å². The molecule has 158 valence electrons. The van der Waals surface area contributed by atoms with Crippen LogP contribution in [0.4, 0.5) is 10.5 Å². The molecule has 5 rings (SSSR count). The molecule has 0 atom stereocenters. The Morgan fingerprint density at radius 3 is 2.50 bits per heavy atom. The van der Waals surface area contributed by atoms with Crippen LogP contribution in [0.3, 0.4) is 0 Å². The number of benzene rings is 3. The maximum Gasteiger partial charge on any atom is 0.333 e. The minimum Gasteiger partial charge on any atom is -0.342 e. The predicted molar refractivity (Wildman–Crippen MR) is 128 cm³/mol. The number of hydrogen-bond donors (Lipinski definition) is 1. The smallest absolute Gasteiger partial charge is 0.333 e. The summed E-state index contributed by atoms with van der Waals surface area (Å²) in [6.07, 6.45) is 3.67. The maximum atomic E-state index is 13.0. The van der Waals surface area contributed by atoms with Crippen molar-refractivity contribution < 1.29 is 9.59 Å². The lowest BCUT2D eigenvalue weighted by molar-refractivity contribution is -0.113. The molecule has 7 heteroatoms. The Hall–Kier alpha value is -3.54. The van der Waals surface area contributed by atoms with Gasteiger partial charge in [0.25, 0.3) is 5.91 Å². The van der Waals surface area contributed by atoms with Gasteiger partial charge in [-0.1, -0.05) is 65.7 Å². The number of para-hydroxylation sites is 1. The number of nitrogens with one attached hydrogen (secondary N) is 1. The number of carbonyl (C=O) groups is 2. The van der Waals surface area contributed by atoms with Gasteiger partial charge in [0, 0.05) is 39.3 Å². The van der Waals surface area contributed by atoms with Gasteiger partial charge in [-0.05, 0) is 42.0 Å². The highest BCUT2D eigenvalue weighted by Gasteiger charge is 2.35. The van der Waals surface area contributed by atoms with Gasteiger partial charge in [-0.15, -0.1) is 0 Å². The lowest BCUT2D eigenvalue weighted by Gasteiger charge is -2.11. The number of amides is 3. The molecule has 0 spiro atoms. The molecule has 1 fully saturated rings. The highest BCUT2D eigenvalue weighted by molar-refractivity contribution is 6.32. The molecular formula is C25H17Cl2N3O2. The minimum atomic E-state index is -0.511. The van der Waals surface area contributed by atoms with Crippen molar-refractivity contribution in [1.82, 2.24) is 9.88 Å². The van der Waals surface area contributed by atoms with Crippen molar-refractivity contribution in [2.75, 3.05) is 4.90 Å². The second-order valence-corrected chi connectivity index (χ2v) is 8.27. The van der Waals surface area contributed by atoms with Crippen LogP contribution in [-0.4, -0.2) is 16.5 Å². The predicted octanol–water partition coefficient (Wildman–Crippen LogP) is 6.09. The molecule has 1 N–H and O–H groups in total. The van der Waals surface area contributed by atoms with E-state index in [0.29, 0.717) is 22.3 Å². The molecule has 1 aliphatic rings. The van der Waals surface area contributed by atoms with Crippen LogP contribution in [0.25, 0.3) is 17.0 Å². The zero-order valence-electron chi connectivity index (χ0n) is 16.8. The van der Waals surface area contributed by atoms with Crippen LogP contribution in [0, 0.1) is 0 Å². The molecule has 0 aliphatic carbocycles. The Kier molecular flexibility index (Phi) is 5.21. The average molecular weight is 462 g/mol. The summed E-state index contributed by atoms with van der Waals surface area (Å²) in [6, 6.07) is 21.7. The van der Waals surface area contributed by atoms with E-state index in [1.165, 1.54) is 0 Å². The molecule has 0 bridgehead atoms. The van der Waals surface area contributed by atoms with Gasteiger partial charge in [-0.25, -0.2) is 9.69 Å². The highest BCUT2D eigenvalue weighted by atomic mass is 35.5. The number of aromatic nitrogens is 1. The molecule has 0 saturated carbocycles. The Morgan fingerprint density at radius 2 is 1.69 bits per heavy atom. The average Bonchev–Trinajstić information content (AvgIpc) is 3.26. The molecule has 3 amide bonds. The number of urea groups is 1. The van der Waals surface area contributed by atoms with Gasteiger partial charge >= 0.3 is 6.03 Å². The zero-order chi connectivity index (χ0) is 22.2. The molecule has 2 heterocycles. The van der Waals surface area contributed by atoms with Crippen LogP contribution in [0.15, 0.2) is 84.7 Å². The number of halogens is 2. The largest absolute Gasteiger partial charge is 0.342 e. The van der Waals surface area contributed by atoms with E-state index in [1.807, 2.05) is 54.7 Å². The fourth-order valence-corrected chi connectivity index (χ4v) is 4.25. The van der Waals surface area contributed by atoms with Crippen molar-refractivity contribution in [3.05, 3.63) is 106 Å². The fraction of sp³-hybridized carbons (Fsp3) is 0.0400. The van der Waals surface area contributed by atoms with Gasteiger partial charge < -0.3 is 9.88 Å². The normalized spacial score (nSPS) is 15.1. The summed E-state index contributed by atoms with van der Waals surface area (Å²) in [5.41, 5.74) is 3.44. The first kappa shape index (κ1) is 20.4. The molecule has 32 heavy (non-hydrogen) atoms. The summed E-state index contributed by atoms with van der Waals surface area (Å²) in [5.74, 6) is -0.430. The fourth-order valence-electron chi connectivity index (χ4n) is 3.87. The molecular weight excluding hydrogens is 445 g/mol. The molecule has 1 aromatic heterocycles. The minimum absolute atomic E-state index is 0.204. The van der Waals surface area contributed by atoms with E-state index in [2.05, 4.69) is 9.88 Å². The molecule has 5 nitrogen and oxygen atoms in total. The van der Waals surface area contributed by atoms with Gasteiger partial charge in [-0.2, -0.15) is 0 Å². The first-order valence-corrected chi connectivity index (χ1v) is 10.7. The Bertz CT molecular complexity index is 1410. The summed E-state index contributed by atoms with van der Waals surface area (Å²) >= 11 is 12.4. The number of fused-ring (bicyclic) bond motifs is 1. The van der Waals surface area contributed by atoms with Crippen molar-refractivity contribution in [3.63, 3.8) is 0 Å². The second kappa shape index (κ2) is 8.19. The van der Waals surface area contributed by atoms with Gasteiger partial charge in [0.15, 0.2) is 0 Å². The van der Waals surface area contributed by atoms with Gasteiger partial charge in [0.2, 0.25) is 0 Å². The number of anilines is 1. The first-order valence-electron chi connectivity index (χ1n) is 9.95. The molecule has 4 aromatic rings. The zero-order valence-corrected chi connectivity index (χ0v) is 18.3. The number of carbonyl (C=O) groups excluding carboxylic acids is 2. The van der Waals surface area contributed by atoms with Crippen molar-refractivity contribution in [1.29, 1.82) is 0 Å². The highest BCUT2D eigenvalue weighted by Crippen LogP contribution is 2.29. The van der Waals surface area contributed by atoms with E-state index >= 15 is 0 Å². The topological polar surface area (TPSA) is 54.3 Å². The Morgan fingerprint density at radius 1 is 0.906 bits per heavy atom. The molecule has 3 aromatic carbocycles. The van der Waals surface area contributed by atoms with Crippen molar-refractivity contribution in [2.24, 2.45) is 0 Å². The van der Waals surface area contributed by atoms with Crippen LogP contribution in [0.1, 0.15) is 11.1 Å². The second-order valence-electron chi connectivity index (χ2n) is 7.43. The lowest BCUT2D eigenvalue weighted by Crippen LogP contribution is -2.30. The number of hydrogen-bond acceptors (Lipinski definition) is 2. The summed E-state index contributed by atoms with van der Waals surface area (Å²) < 4.78 is 2.08. The first-order chi connectivity index (χ1) is 15.5.